The molecule has 17 aromatic carbocycles. The Morgan fingerprint density at radius 2 is 0.463 bits per heavy atom. The lowest BCUT2D eigenvalue weighted by atomic mass is 9.36. The fourth-order valence-corrected chi connectivity index (χ4v) is 24.3. The Morgan fingerprint density at radius 3 is 0.760 bits per heavy atom. The summed E-state index contributed by atoms with van der Waals surface area (Å²) >= 11 is 7.75. The van der Waals surface area contributed by atoms with Gasteiger partial charge in [0.15, 0.2) is 0 Å². The number of benzene rings is 17. The van der Waals surface area contributed by atoms with Gasteiger partial charge in [-0.3, -0.25) is 0 Å². The molecule has 0 atom stereocenters. The van der Waals surface area contributed by atoms with Gasteiger partial charge < -0.3 is 0 Å². The summed E-state index contributed by atoms with van der Waals surface area (Å²) in [6, 6.07) is 124. The van der Waals surface area contributed by atoms with Crippen molar-refractivity contribution >= 4 is 136 Å². The standard InChI is InChI=1S/C61H53BS2.C53H42BNS2/c1-59(2,3)43-27-29-50-52(36-43)63-54-34-40(35-55-58(54)62(50)51-30-28-44(60(4,5)6)37-53(51)64-55)39-31-41(33-45(32-39)61(7,8)42-21-13-10-14-22-42)57-48-25-17-15-23-46(48)56(38-19-11-9-12-20-38)47-24-16-18-26-49(47)57;1-52(2,3)37-20-22-43-45(29-37)56-47-27-35(28-48-51(47)54(43)44-23-21-38(53(4,5)6)30-46(44)57-48)34-24-32(31-55)25-36(26-34)50-41-18-12-10-16-39(41)49(33-14-8-7-9-15-33)40-17-11-13-19-42(40)50/h9-37H,1-8H3;7-30H,1-6H3. The lowest BCUT2D eigenvalue weighted by molar-refractivity contribution is 0.588. The van der Waals surface area contributed by atoms with Crippen molar-refractivity contribution in [1.29, 1.82) is 5.26 Å². The van der Waals surface area contributed by atoms with Gasteiger partial charge in [0.25, 0.3) is 0 Å². The summed E-state index contributed by atoms with van der Waals surface area (Å²) < 4.78 is 0. The molecule has 4 aliphatic rings. The molecule has 0 radical (unpaired) electrons. The van der Waals surface area contributed by atoms with E-state index in [0.29, 0.717) is 5.56 Å². The van der Waals surface area contributed by atoms with Gasteiger partial charge in [0.1, 0.15) is 0 Å². The molecule has 7 heteroatoms. The fraction of sp³-hybridized carbons (Fsp3) is 0.167. The summed E-state index contributed by atoms with van der Waals surface area (Å²) in [5, 5.41) is 20.5. The van der Waals surface area contributed by atoms with Gasteiger partial charge in [0.2, 0.25) is 13.4 Å². The average molecular weight is 1630 g/mol. The van der Waals surface area contributed by atoms with E-state index in [2.05, 4.69) is 425 Å². The first-order chi connectivity index (χ1) is 58.2. The molecular weight excluding hydrogens is 1530 g/mol. The van der Waals surface area contributed by atoms with Crippen molar-refractivity contribution in [2.45, 2.75) is 163 Å². The monoisotopic (exact) mass is 1630 g/mol. The smallest absolute Gasteiger partial charge is 0.192 e. The molecule has 0 bridgehead atoms. The van der Waals surface area contributed by atoms with E-state index in [1.54, 1.807) is 0 Å². The Balaban J connectivity index is 0.000000155. The molecule has 0 N–H and O–H groups in total. The van der Waals surface area contributed by atoms with Gasteiger partial charge >= 0.3 is 0 Å². The van der Waals surface area contributed by atoms with E-state index in [9.17, 15) is 5.26 Å². The summed E-state index contributed by atoms with van der Waals surface area (Å²) in [7, 11) is 0. The Bertz CT molecular complexity index is 6880. The normalized spacial score (nSPS) is 13.4. The highest BCUT2D eigenvalue weighted by Crippen LogP contribution is 2.52. The molecule has 21 rings (SSSR count). The average Bonchev–Trinajstić information content (AvgIpc) is 0.754. The maximum absolute atomic E-state index is 10.6. The first kappa shape index (κ1) is 78.3. The Hall–Kier alpha value is -11.2. The third-order valence-electron chi connectivity index (χ3n) is 25.9. The van der Waals surface area contributed by atoms with Crippen LogP contribution in [0.2, 0.25) is 0 Å². The Kier molecular flexibility index (Phi) is 19.3. The van der Waals surface area contributed by atoms with Gasteiger partial charge in [-0.05, 0) is 249 Å². The van der Waals surface area contributed by atoms with E-state index >= 15 is 0 Å². The van der Waals surface area contributed by atoms with Crippen molar-refractivity contribution in [3.8, 4) is 72.8 Å². The van der Waals surface area contributed by atoms with Crippen molar-refractivity contribution < 1.29 is 0 Å². The highest BCUT2D eigenvalue weighted by atomic mass is 32.2. The van der Waals surface area contributed by atoms with E-state index in [4.69, 9.17) is 0 Å². The second kappa shape index (κ2) is 29.9. The SMILES string of the molecule is CC(C)(C)c1ccc2c(c1)Sc1cc(-c3cc(-c4c5ccccc5c(-c5ccccc5)c5ccccc45)cc(C(C)(C)c4ccccc4)c3)cc3c1B2c1ccc(C(C)(C)C)cc1S3.CC(C)(C)c1ccc2c(c1)Sc1cc(-c3cc(C#N)cc(-c4c5ccccc5c(-c5ccccc5)c5ccccc45)c3)cc3c1B2c1ccc(C(C)(C)C)cc1S3. The molecule has 0 saturated heterocycles. The molecule has 1 nitrogen and oxygen atoms in total. The van der Waals surface area contributed by atoms with Gasteiger partial charge in [-0.1, -0.05) is 415 Å². The number of fused-ring (bicyclic) bond motifs is 12. The zero-order chi connectivity index (χ0) is 83.3. The minimum atomic E-state index is -0.261. The molecule has 586 valence electrons. The van der Waals surface area contributed by atoms with Crippen LogP contribution in [-0.4, -0.2) is 13.4 Å². The molecule has 0 amide bonds. The van der Waals surface area contributed by atoms with Crippen molar-refractivity contribution in [3.63, 3.8) is 0 Å². The quantitative estimate of drug-likeness (QED) is 0.111. The van der Waals surface area contributed by atoms with E-state index in [0.717, 1.165) is 22.3 Å². The fourth-order valence-electron chi connectivity index (χ4n) is 19.2. The predicted molar refractivity (Wildman–Crippen MR) is 525 cm³/mol. The molecule has 0 aromatic heterocycles. The van der Waals surface area contributed by atoms with E-state index < -0.39 is 0 Å². The summed E-state index contributed by atoms with van der Waals surface area (Å²) in [4.78, 5) is 10.8. The van der Waals surface area contributed by atoms with Crippen LogP contribution in [0.4, 0.5) is 0 Å². The molecule has 17 aromatic rings. The summed E-state index contributed by atoms with van der Waals surface area (Å²) in [6.45, 7) is 32.9. The summed E-state index contributed by atoms with van der Waals surface area (Å²) in [6.07, 6.45) is 0. The second-order valence-electron chi connectivity index (χ2n) is 38.2. The third-order valence-corrected chi connectivity index (χ3v) is 30.4. The number of hydrogen-bond acceptors (Lipinski definition) is 5. The molecule has 0 aliphatic carbocycles. The molecule has 4 heterocycles. The summed E-state index contributed by atoms with van der Waals surface area (Å²) in [5.41, 5.74) is 31.6. The minimum absolute atomic E-state index is 0.0482. The maximum atomic E-state index is 10.6. The number of nitriles is 1. The van der Waals surface area contributed by atoms with E-state index in [-0.39, 0.29) is 40.5 Å². The van der Waals surface area contributed by atoms with Crippen LogP contribution < -0.4 is 32.8 Å². The Labute approximate surface area is 732 Å². The summed E-state index contributed by atoms with van der Waals surface area (Å²) in [5.74, 6) is 0. The highest BCUT2D eigenvalue weighted by molar-refractivity contribution is 8.02. The number of rotatable bonds is 8. The number of hydrogen-bond donors (Lipinski definition) is 0. The molecule has 0 fully saturated rings. The molecule has 121 heavy (non-hydrogen) atoms. The zero-order valence-electron chi connectivity index (χ0n) is 71.3. The zero-order valence-corrected chi connectivity index (χ0v) is 74.6. The van der Waals surface area contributed by atoms with E-state index in [1.165, 1.54) is 193 Å². The van der Waals surface area contributed by atoms with Crippen LogP contribution in [0.25, 0.3) is 110 Å². The van der Waals surface area contributed by atoms with Crippen LogP contribution >= 0.6 is 47.0 Å². The lowest BCUT2D eigenvalue weighted by Gasteiger charge is -2.35. The van der Waals surface area contributed by atoms with Crippen molar-refractivity contribution in [3.05, 3.63) is 360 Å². The van der Waals surface area contributed by atoms with E-state index in [1.807, 2.05) is 47.0 Å². The largest absolute Gasteiger partial charge is 0.247 e. The third kappa shape index (κ3) is 13.9. The molecule has 4 aliphatic heterocycles. The first-order valence-corrected chi connectivity index (χ1v) is 45.9. The van der Waals surface area contributed by atoms with Crippen LogP contribution in [0, 0.1) is 11.3 Å². The van der Waals surface area contributed by atoms with Crippen LogP contribution in [0.5, 0.6) is 0 Å². The maximum Gasteiger partial charge on any atom is 0.247 e. The predicted octanol–water partition coefficient (Wildman–Crippen LogP) is 28.3. The van der Waals surface area contributed by atoms with Crippen LogP contribution in [0.15, 0.2) is 361 Å². The Morgan fingerprint density at radius 1 is 0.215 bits per heavy atom. The molecule has 0 spiro atoms. The lowest BCUT2D eigenvalue weighted by Crippen LogP contribution is -2.58. The highest BCUT2D eigenvalue weighted by Gasteiger charge is 2.42. The van der Waals surface area contributed by atoms with Gasteiger partial charge in [0, 0.05) is 44.6 Å². The van der Waals surface area contributed by atoms with Crippen LogP contribution in [0.3, 0.4) is 0 Å². The van der Waals surface area contributed by atoms with Crippen molar-refractivity contribution in [2.24, 2.45) is 0 Å². The first-order valence-electron chi connectivity index (χ1n) is 42.6. The minimum Gasteiger partial charge on any atom is -0.192 e. The van der Waals surface area contributed by atoms with Crippen LogP contribution in [-0.2, 0) is 27.1 Å². The van der Waals surface area contributed by atoms with Crippen molar-refractivity contribution in [2.75, 3.05) is 0 Å². The number of nitrogens with zero attached hydrogens (tertiary/aromatic N) is 1. The molecular formula is C114H95B2NS4. The topological polar surface area (TPSA) is 23.8 Å². The van der Waals surface area contributed by atoms with Gasteiger partial charge in [0.05, 0.1) is 11.6 Å². The van der Waals surface area contributed by atoms with Crippen molar-refractivity contribution in [1.82, 2.24) is 0 Å². The second-order valence-corrected chi connectivity index (χ2v) is 42.5. The van der Waals surface area contributed by atoms with Gasteiger partial charge in [-0.25, -0.2) is 0 Å². The van der Waals surface area contributed by atoms with Crippen LogP contribution in [0.1, 0.15) is 136 Å². The van der Waals surface area contributed by atoms with Gasteiger partial charge in [-0.2, -0.15) is 5.26 Å². The molecule has 0 unspecified atom stereocenters. The van der Waals surface area contributed by atoms with Gasteiger partial charge in [-0.15, -0.1) is 0 Å². The molecule has 0 saturated carbocycles.